The Morgan fingerprint density at radius 3 is 2.50 bits per heavy atom. The molecule has 1 atom stereocenters. The van der Waals surface area contributed by atoms with E-state index >= 15 is 0 Å². The first-order chi connectivity index (χ1) is 15.9. The van der Waals surface area contributed by atoms with E-state index in [0.717, 1.165) is 11.4 Å². The van der Waals surface area contributed by atoms with E-state index in [1.807, 2.05) is 40.7 Å². The zero-order chi connectivity index (χ0) is 25.0. The van der Waals surface area contributed by atoms with Crippen molar-refractivity contribution in [3.05, 3.63) is 52.4 Å². The topological polar surface area (TPSA) is 115 Å². The predicted molar refractivity (Wildman–Crippen MR) is 131 cm³/mol. The number of aryl methyl sites for hydroxylation is 3. The molecule has 0 radical (unpaired) electrons. The number of anilines is 2. The largest absolute Gasteiger partial charge is 0.339 e. The van der Waals surface area contributed by atoms with Crippen LogP contribution >= 0.6 is 11.6 Å². The van der Waals surface area contributed by atoms with Gasteiger partial charge < -0.3 is 15.2 Å². The molecule has 0 bridgehead atoms. The Bertz CT molecular complexity index is 1180. The van der Waals surface area contributed by atoms with Crippen molar-refractivity contribution in [3.63, 3.8) is 0 Å². The second kappa shape index (κ2) is 10.4. The molecule has 2 heterocycles. The molecule has 9 nitrogen and oxygen atoms in total. The van der Waals surface area contributed by atoms with Gasteiger partial charge in [-0.15, -0.1) is 0 Å². The number of aromatic nitrogens is 4. The monoisotopic (exact) mass is 486 g/mol. The van der Waals surface area contributed by atoms with Crippen molar-refractivity contribution in [2.45, 2.75) is 72.3 Å². The lowest BCUT2D eigenvalue weighted by Crippen LogP contribution is -2.25. The number of carbonyl (C=O) groups is 2. The molecule has 2 aromatic heterocycles. The van der Waals surface area contributed by atoms with Gasteiger partial charge in [0.1, 0.15) is 6.04 Å². The summed E-state index contributed by atoms with van der Waals surface area (Å²) in [5.74, 6) is 0.788. The summed E-state index contributed by atoms with van der Waals surface area (Å²) >= 11 is 6.35. The lowest BCUT2D eigenvalue weighted by Gasteiger charge is -2.16. The summed E-state index contributed by atoms with van der Waals surface area (Å²) in [6.07, 6.45) is 1.39. The van der Waals surface area contributed by atoms with Gasteiger partial charge in [0.25, 0.3) is 0 Å². The number of benzene rings is 1. The molecule has 1 aromatic carbocycles. The summed E-state index contributed by atoms with van der Waals surface area (Å²) in [7, 11) is 0. The van der Waals surface area contributed by atoms with Gasteiger partial charge in [-0.2, -0.15) is 10.1 Å². The number of nitrogens with zero attached hydrogens (tertiary/aromatic N) is 4. The Morgan fingerprint density at radius 1 is 1.18 bits per heavy atom. The van der Waals surface area contributed by atoms with Crippen LogP contribution in [0.2, 0.25) is 5.02 Å². The van der Waals surface area contributed by atoms with E-state index in [2.05, 4.69) is 25.9 Å². The summed E-state index contributed by atoms with van der Waals surface area (Å²) in [5, 5.41) is 14.3. The van der Waals surface area contributed by atoms with Gasteiger partial charge in [-0.1, -0.05) is 37.5 Å². The molecule has 0 spiro atoms. The predicted octanol–water partition coefficient (Wildman–Crippen LogP) is 4.99. The minimum absolute atomic E-state index is 0.151. The Morgan fingerprint density at radius 2 is 1.91 bits per heavy atom. The molecule has 0 saturated heterocycles. The van der Waals surface area contributed by atoms with E-state index in [0.29, 0.717) is 47.4 Å². The van der Waals surface area contributed by atoms with Gasteiger partial charge in [0, 0.05) is 29.6 Å². The van der Waals surface area contributed by atoms with E-state index in [1.54, 1.807) is 29.8 Å². The van der Waals surface area contributed by atoms with Crippen LogP contribution in [0.4, 0.5) is 11.4 Å². The molecule has 0 fully saturated rings. The molecule has 0 aliphatic heterocycles. The first kappa shape index (κ1) is 25.4. The molecule has 2 amide bonds. The normalized spacial score (nSPS) is 12.4. The van der Waals surface area contributed by atoms with Gasteiger partial charge in [-0.05, 0) is 51.5 Å². The standard InChI is InChI=1S/C24H31ClN6O3/c1-14-12-15(2)31(29-14)16(3)22(33)27-19-11-10-17(13-18(19)25)26-20(32)8-7-9-21-28-23(30-34-21)24(4,5)6/h10-13,16H,7-9H2,1-6H3,(H,26,32)(H,27,33). The Labute approximate surface area is 204 Å². The van der Waals surface area contributed by atoms with Crippen LogP contribution in [-0.2, 0) is 21.4 Å². The highest BCUT2D eigenvalue weighted by molar-refractivity contribution is 6.34. The third-order valence-corrected chi connectivity index (χ3v) is 5.55. The van der Waals surface area contributed by atoms with Crippen molar-refractivity contribution in [2.24, 2.45) is 0 Å². The Kier molecular flexibility index (Phi) is 7.76. The number of hydrogen-bond donors (Lipinski definition) is 2. The average molecular weight is 487 g/mol. The molecule has 34 heavy (non-hydrogen) atoms. The van der Waals surface area contributed by atoms with E-state index in [9.17, 15) is 9.59 Å². The molecule has 0 aliphatic carbocycles. The fraction of sp³-hybridized carbons (Fsp3) is 0.458. The average Bonchev–Trinajstić information content (AvgIpc) is 3.35. The van der Waals surface area contributed by atoms with E-state index < -0.39 is 6.04 Å². The van der Waals surface area contributed by atoms with Crippen LogP contribution in [0.1, 0.15) is 69.7 Å². The molecule has 2 N–H and O–H groups in total. The Balaban J connectivity index is 1.51. The van der Waals surface area contributed by atoms with E-state index in [4.69, 9.17) is 16.1 Å². The molecule has 3 rings (SSSR count). The van der Waals surface area contributed by atoms with Crippen molar-refractivity contribution in [3.8, 4) is 0 Å². The summed E-state index contributed by atoms with van der Waals surface area (Å²) in [4.78, 5) is 29.4. The summed E-state index contributed by atoms with van der Waals surface area (Å²) < 4.78 is 6.93. The summed E-state index contributed by atoms with van der Waals surface area (Å²) in [6.45, 7) is 11.6. The fourth-order valence-corrected chi connectivity index (χ4v) is 3.59. The highest BCUT2D eigenvalue weighted by Crippen LogP contribution is 2.27. The molecular formula is C24H31ClN6O3. The molecular weight excluding hydrogens is 456 g/mol. The van der Waals surface area contributed by atoms with Gasteiger partial charge in [-0.25, -0.2) is 0 Å². The van der Waals surface area contributed by atoms with Crippen LogP contribution < -0.4 is 10.6 Å². The molecule has 0 aliphatic rings. The molecule has 3 aromatic rings. The SMILES string of the molecule is Cc1cc(C)n(C(C)C(=O)Nc2ccc(NC(=O)CCCc3nc(C(C)(C)C)no3)cc2Cl)n1. The van der Waals surface area contributed by atoms with Crippen LogP contribution in [0.15, 0.2) is 28.8 Å². The Hall–Kier alpha value is -3.20. The van der Waals surface area contributed by atoms with Crippen LogP contribution in [-0.4, -0.2) is 31.7 Å². The number of amides is 2. The number of halogens is 1. The highest BCUT2D eigenvalue weighted by Gasteiger charge is 2.21. The second-order valence-electron chi connectivity index (χ2n) is 9.39. The van der Waals surface area contributed by atoms with Crippen LogP contribution in [0.5, 0.6) is 0 Å². The zero-order valence-electron chi connectivity index (χ0n) is 20.4. The van der Waals surface area contributed by atoms with Crippen LogP contribution in [0.25, 0.3) is 0 Å². The van der Waals surface area contributed by atoms with Crippen molar-refractivity contribution >= 4 is 34.8 Å². The van der Waals surface area contributed by atoms with E-state index in [-0.39, 0.29) is 17.2 Å². The fourth-order valence-electron chi connectivity index (χ4n) is 3.37. The lowest BCUT2D eigenvalue weighted by atomic mass is 9.96. The summed E-state index contributed by atoms with van der Waals surface area (Å²) in [6, 6.07) is 6.38. The number of rotatable bonds is 8. The first-order valence-corrected chi connectivity index (χ1v) is 11.6. The van der Waals surface area contributed by atoms with E-state index in [1.165, 1.54) is 0 Å². The van der Waals surface area contributed by atoms with Crippen molar-refractivity contribution in [1.29, 1.82) is 0 Å². The van der Waals surface area contributed by atoms with Gasteiger partial charge in [0.05, 0.1) is 16.4 Å². The maximum atomic E-state index is 12.7. The third kappa shape index (κ3) is 6.44. The maximum Gasteiger partial charge on any atom is 0.248 e. The third-order valence-electron chi connectivity index (χ3n) is 5.24. The van der Waals surface area contributed by atoms with Gasteiger partial charge in [0.15, 0.2) is 5.82 Å². The van der Waals surface area contributed by atoms with Crippen molar-refractivity contribution < 1.29 is 14.1 Å². The minimum atomic E-state index is -0.498. The van der Waals surface area contributed by atoms with Crippen molar-refractivity contribution in [2.75, 3.05) is 10.6 Å². The highest BCUT2D eigenvalue weighted by atomic mass is 35.5. The zero-order valence-corrected chi connectivity index (χ0v) is 21.2. The molecule has 182 valence electrons. The smallest absolute Gasteiger partial charge is 0.248 e. The molecule has 0 saturated carbocycles. The number of hydrogen-bond acceptors (Lipinski definition) is 6. The maximum absolute atomic E-state index is 12.7. The number of nitrogens with one attached hydrogen (secondary N) is 2. The quantitative estimate of drug-likeness (QED) is 0.463. The van der Waals surface area contributed by atoms with Gasteiger partial charge >= 0.3 is 0 Å². The van der Waals surface area contributed by atoms with Gasteiger partial charge in [-0.3, -0.25) is 14.3 Å². The van der Waals surface area contributed by atoms with Crippen LogP contribution in [0, 0.1) is 13.8 Å². The first-order valence-electron chi connectivity index (χ1n) is 11.2. The van der Waals surface area contributed by atoms with Crippen molar-refractivity contribution in [1.82, 2.24) is 19.9 Å². The number of carbonyl (C=O) groups excluding carboxylic acids is 2. The minimum Gasteiger partial charge on any atom is -0.339 e. The summed E-state index contributed by atoms with van der Waals surface area (Å²) in [5.41, 5.74) is 2.58. The van der Waals surface area contributed by atoms with Crippen LogP contribution in [0.3, 0.4) is 0 Å². The molecule has 10 heteroatoms. The van der Waals surface area contributed by atoms with Gasteiger partial charge in [0.2, 0.25) is 17.7 Å². The second-order valence-corrected chi connectivity index (χ2v) is 9.80. The molecule has 1 unspecified atom stereocenters. The lowest BCUT2D eigenvalue weighted by molar-refractivity contribution is -0.119.